The van der Waals surface area contributed by atoms with Crippen molar-refractivity contribution in [1.82, 2.24) is 4.90 Å². The smallest absolute Gasteiger partial charge is 0.293 e. The second-order valence-electron chi connectivity index (χ2n) is 5.45. The van der Waals surface area contributed by atoms with Crippen molar-refractivity contribution in [1.29, 1.82) is 0 Å². The number of ether oxygens (including phenoxy) is 2. The van der Waals surface area contributed by atoms with Crippen molar-refractivity contribution in [3.63, 3.8) is 0 Å². The Kier molecular flexibility index (Phi) is 6.56. The molecule has 0 bridgehead atoms. The molecule has 2 amide bonds. The van der Waals surface area contributed by atoms with Gasteiger partial charge in [0.2, 0.25) is 0 Å². The Morgan fingerprint density at radius 3 is 2.72 bits per heavy atom. The van der Waals surface area contributed by atoms with Gasteiger partial charge in [-0.2, -0.15) is 0 Å². The summed E-state index contributed by atoms with van der Waals surface area (Å²) in [5.74, 6) is 0.602. The third-order valence-electron chi connectivity index (χ3n) is 3.63. The van der Waals surface area contributed by atoms with E-state index in [9.17, 15) is 9.59 Å². The van der Waals surface area contributed by atoms with Gasteiger partial charge in [0.25, 0.3) is 11.1 Å². The van der Waals surface area contributed by atoms with Gasteiger partial charge < -0.3 is 9.47 Å². The van der Waals surface area contributed by atoms with E-state index in [-0.39, 0.29) is 23.8 Å². The molecule has 0 spiro atoms. The van der Waals surface area contributed by atoms with Gasteiger partial charge in [-0.1, -0.05) is 24.6 Å². The molecular formula is C18H20ClNO4S. The first-order chi connectivity index (χ1) is 11.9. The first-order valence-corrected chi connectivity index (χ1v) is 9.01. The van der Waals surface area contributed by atoms with Crippen molar-refractivity contribution in [2.24, 2.45) is 0 Å². The minimum absolute atomic E-state index is 0.00680. The van der Waals surface area contributed by atoms with E-state index in [1.165, 1.54) is 13.2 Å². The molecular weight excluding hydrogens is 362 g/mol. The van der Waals surface area contributed by atoms with Crippen LogP contribution < -0.4 is 9.47 Å². The van der Waals surface area contributed by atoms with Gasteiger partial charge in [-0.3, -0.25) is 14.5 Å². The van der Waals surface area contributed by atoms with Crippen LogP contribution in [0.5, 0.6) is 11.5 Å². The van der Waals surface area contributed by atoms with Crippen molar-refractivity contribution < 1.29 is 19.1 Å². The fraction of sp³-hybridized carbons (Fsp3) is 0.333. The van der Waals surface area contributed by atoms with E-state index in [1.54, 1.807) is 18.2 Å². The molecule has 0 aliphatic carbocycles. The zero-order chi connectivity index (χ0) is 18.6. The average molecular weight is 382 g/mol. The van der Waals surface area contributed by atoms with Gasteiger partial charge in [-0.05, 0) is 48.9 Å². The lowest BCUT2D eigenvalue weighted by atomic mass is 10.1. The van der Waals surface area contributed by atoms with Crippen LogP contribution in [0.4, 0.5) is 4.79 Å². The highest BCUT2D eigenvalue weighted by atomic mass is 35.5. The van der Waals surface area contributed by atoms with Crippen LogP contribution >= 0.6 is 23.4 Å². The van der Waals surface area contributed by atoms with Gasteiger partial charge in [-0.25, -0.2) is 0 Å². The Labute approximate surface area is 156 Å². The third kappa shape index (κ3) is 4.38. The summed E-state index contributed by atoms with van der Waals surface area (Å²) in [4.78, 5) is 25.6. The number of halogens is 1. The number of hydrogen-bond acceptors (Lipinski definition) is 5. The highest BCUT2D eigenvalue weighted by Gasteiger charge is 2.34. The maximum absolute atomic E-state index is 12.3. The van der Waals surface area contributed by atoms with Gasteiger partial charge in [-0.15, -0.1) is 6.58 Å². The Hall–Kier alpha value is -1.92. The Morgan fingerprint density at radius 2 is 2.12 bits per heavy atom. The largest absolute Gasteiger partial charge is 0.493 e. The Morgan fingerprint density at radius 1 is 1.40 bits per heavy atom. The van der Waals surface area contributed by atoms with Crippen molar-refractivity contribution in [2.75, 3.05) is 13.7 Å². The van der Waals surface area contributed by atoms with Gasteiger partial charge in [0.05, 0.1) is 23.1 Å². The van der Waals surface area contributed by atoms with Gasteiger partial charge in [0.1, 0.15) is 0 Å². The molecule has 0 unspecified atom stereocenters. The summed E-state index contributed by atoms with van der Waals surface area (Å²) in [6.45, 7) is 7.70. The number of nitrogens with zero attached hydrogens (tertiary/aromatic N) is 1. The predicted molar refractivity (Wildman–Crippen MR) is 101 cm³/mol. The Balaban J connectivity index is 2.35. The number of imide groups is 1. The summed E-state index contributed by atoms with van der Waals surface area (Å²) in [7, 11) is 1.52. The molecule has 134 valence electrons. The number of carbonyl (C=O) groups excluding carboxylic acids is 2. The van der Waals surface area contributed by atoms with Crippen molar-refractivity contribution >= 4 is 40.6 Å². The standard InChI is InChI=1S/C18H20ClNO4S/c1-5-7-20-17(21)15(25-18(20)22)10-12-8-13(19)16(14(9-12)23-4)24-11(3)6-2/h5,8-11H,1,6-7H2,2-4H3/b15-10+/t11-/m0/s1. The third-order valence-corrected chi connectivity index (χ3v) is 4.82. The highest BCUT2D eigenvalue weighted by Crippen LogP contribution is 2.39. The van der Waals surface area contributed by atoms with Crippen molar-refractivity contribution in [2.45, 2.75) is 26.4 Å². The lowest BCUT2D eigenvalue weighted by molar-refractivity contribution is -0.122. The van der Waals surface area contributed by atoms with Crippen LogP contribution in [0.2, 0.25) is 5.02 Å². The van der Waals surface area contributed by atoms with Crippen molar-refractivity contribution in [3.8, 4) is 11.5 Å². The summed E-state index contributed by atoms with van der Waals surface area (Å²) in [6, 6.07) is 3.41. The van der Waals surface area contributed by atoms with Crippen LogP contribution in [0.15, 0.2) is 29.7 Å². The number of rotatable bonds is 7. The first-order valence-electron chi connectivity index (χ1n) is 7.81. The summed E-state index contributed by atoms with van der Waals surface area (Å²) in [5.41, 5.74) is 0.655. The van der Waals surface area contributed by atoms with Crippen LogP contribution in [0.25, 0.3) is 6.08 Å². The zero-order valence-corrected chi connectivity index (χ0v) is 15.9. The van der Waals surface area contributed by atoms with Crippen LogP contribution in [-0.4, -0.2) is 35.8 Å². The molecule has 5 nitrogen and oxygen atoms in total. The molecule has 1 saturated heterocycles. The van der Waals surface area contributed by atoms with Crippen LogP contribution in [0.1, 0.15) is 25.8 Å². The molecule has 1 aliphatic heterocycles. The second-order valence-corrected chi connectivity index (χ2v) is 6.85. The number of methoxy groups -OCH3 is 1. The highest BCUT2D eigenvalue weighted by molar-refractivity contribution is 8.18. The SMILES string of the molecule is C=CCN1C(=O)S/C(=C/c2cc(Cl)c(O[C@@H](C)CC)c(OC)c2)C1=O. The molecule has 7 heteroatoms. The van der Waals surface area contributed by atoms with Gasteiger partial charge in [0, 0.05) is 6.54 Å². The minimum Gasteiger partial charge on any atom is -0.493 e. The van der Waals surface area contributed by atoms with E-state index >= 15 is 0 Å². The summed E-state index contributed by atoms with van der Waals surface area (Å²) in [6.07, 6.45) is 3.96. The lowest BCUT2D eigenvalue weighted by Gasteiger charge is -2.17. The Bertz CT molecular complexity index is 732. The summed E-state index contributed by atoms with van der Waals surface area (Å²) in [5, 5.41) is 0.0714. The molecule has 1 aliphatic rings. The van der Waals surface area contributed by atoms with Crippen molar-refractivity contribution in [3.05, 3.63) is 40.3 Å². The maximum Gasteiger partial charge on any atom is 0.293 e. The van der Waals surface area contributed by atoms with Crippen LogP contribution in [-0.2, 0) is 4.79 Å². The van der Waals surface area contributed by atoms with E-state index in [1.807, 2.05) is 13.8 Å². The van der Waals surface area contributed by atoms with E-state index in [2.05, 4.69) is 6.58 Å². The zero-order valence-electron chi connectivity index (χ0n) is 14.4. The van der Waals surface area contributed by atoms with Crippen LogP contribution in [0, 0.1) is 0 Å². The molecule has 1 heterocycles. The minimum atomic E-state index is -0.343. The van der Waals surface area contributed by atoms with E-state index < -0.39 is 0 Å². The molecule has 1 atom stereocenters. The normalized spacial score (nSPS) is 17.1. The van der Waals surface area contributed by atoms with Gasteiger partial charge >= 0.3 is 0 Å². The number of amides is 2. The first kappa shape index (κ1) is 19.4. The topological polar surface area (TPSA) is 55.8 Å². The monoisotopic (exact) mass is 381 g/mol. The van der Waals surface area contributed by atoms with Gasteiger partial charge in [0.15, 0.2) is 11.5 Å². The van der Waals surface area contributed by atoms with E-state index in [0.717, 1.165) is 23.1 Å². The number of thioether (sulfide) groups is 1. The number of hydrogen-bond donors (Lipinski definition) is 0. The average Bonchev–Trinajstić information content (AvgIpc) is 2.84. The molecule has 25 heavy (non-hydrogen) atoms. The molecule has 0 radical (unpaired) electrons. The molecule has 2 rings (SSSR count). The fourth-order valence-corrected chi connectivity index (χ4v) is 3.27. The molecule has 0 saturated carbocycles. The molecule has 1 aromatic rings. The molecule has 1 aromatic carbocycles. The number of carbonyl (C=O) groups is 2. The second kappa shape index (κ2) is 8.45. The predicted octanol–water partition coefficient (Wildman–Crippen LogP) is 4.75. The molecule has 0 N–H and O–H groups in total. The lowest BCUT2D eigenvalue weighted by Crippen LogP contribution is -2.27. The summed E-state index contributed by atoms with van der Waals surface area (Å²) < 4.78 is 11.2. The quantitative estimate of drug-likeness (QED) is 0.504. The molecule has 1 fully saturated rings. The van der Waals surface area contributed by atoms with E-state index in [0.29, 0.717) is 27.0 Å². The number of benzene rings is 1. The van der Waals surface area contributed by atoms with E-state index in [4.69, 9.17) is 21.1 Å². The van der Waals surface area contributed by atoms with Crippen LogP contribution in [0.3, 0.4) is 0 Å². The molecule has 0 aromatic heterocycles. The fourth-order valence-electron chi connectivity index (χ4n) is 2.16. The maximum atomic E-state index is 12.3. The summed E-state index contributed by atoms with van der Waals surface area (Å²) >= 11 is 7.22.